The van der Waals surface area contributed by atoms with E-state index in [4.69, 9.17) is 23.0 Å². The Morgan fingerprint density at radius 2 is 1.31 bits per heavy atom. The topological polar surface area (TPSA) is 109 Å². The van der Waals surface area contributed by atoms with Crippen molar-refractivity contribution in [3.8, 4) is 5.75 Å². The number of amides is 1. The van der Waals surface area contributed by atoms with Gasteiger partial charge in [-0.3, -0.25) is 13.8 Å². The highest BCUT2D eigenvalue weighted by Gasteiger charge is 2.30. The highest BCUT2D eigenvalue weighted by Crippen LogP contribution is 2.49. The summed E-state index contributed by atoms with van der Waals surface area (Å²) in [5.74, 6) is -0.0183. The summed E-state index contributed by atoms with van der Waals surface area (Å²) >= 11 is 0. The van der Waals surface area contributed by atoms with E-state index < -0.39 is 20.0 Å². The second-order valence-corrected chi connectivity index (χ2v) is 12.9. The Bertz CT molecular complexity index is 1090. The minimum atomic E-state index is -4.10. The third kappa shape index (κ3) is 20.0. The predicted octanol–water partition coefficient (Wildman–Crippen LogP) is 9.55. The van der Waals surface area contributed by atoms with Crippen molar-refractivity contribution in [3.63, 3.8) is 0 Å². The number of carbonyl (C=O) groups excluding carboxylic acids is 2. The first-order chi connectivity index (χ1) is 21.9. The van der Waals surface area contributed by atoms with E-state index >= 15 is 0 Å². The number of unbranched alkanes of at least 4 members (excludes halogenated alkanes) is 12. The van der Waals surface area contributed by atoms with Crippen LogP contribution in [0.5, 0.6) is 5.75 Å². The van der Waals surface area contributed by atoms with Gasteiger partial charge in [0.2, 0.25) is 0 Å². The molecule has 1 unspecified atom stereocenters. The molecule has 0 aliphatic rings. The van der Waals surface area contributed by atoms with Crippen molar-refractivity contribution >= 4 is 19.9 Å². The molecule has 2 atom stereocenters. The molecule has 0 aliphatic carbocycles. The zero-order valence-corrected chi connectivity index (χ0v) is 28.2. The van der Waals surface area contributed by atoms with E-state index in [1.807, 2.05) is 30.3 Å². The van der Waals surface area contributed by atoms with Crippen molar-refractivity contribution in [2.45, 2.75) is 116 Å². The van der Waals surface area contributed by atoms with Gasteiger partial charge in [-0.05, 0) is 31.0 Å². The van der Waals surface area contributed by atoms with Gasteiger partial charge < -0.3 is 19.3 Å². The molecule has 1 amide bonds. The summed E-state index contributed by atoms with van der Waals surface area (Å²) in [7, 11) is -4.10. The molecule has 0 bridgehead atoms. The lowest BCUT2D eigenvalue weighted by molar-refractivity contribution is -0.150. The minimum Gasteiger partial charge on any atom is -0.460 e. The van der Waals surface area contributed by atoms with Crippen LogP contribution in [0.15, 0.2) is 60.7 Å². The predicted molar refractivity (Wildman–Crippen MR) is 177 cm³/mol. The molecule has 1 N–H and O–H groups in total. The molecule has 2 aromatic carbocycles. The van der Waals surface area contributed by atoms with Crippen molar-refractivity contribution in [3.05, 3.63) is 66.2 Å². The summed E-state index contributed by atoms with van der Waals surface area (Å²) in [5, 5.41) is 2.54. The fourth-order valence-corrected chi connectivity index (χ4v) is 5.85. The lowest BCUT2D eigenvalue weighted by Crippen LogP contribution is -2.28. The van der Waals surface area contributed by atoms with Gasteiger partial charge in [0.15, 0.2) is 0 Å². The number of para-hydroxylation sites is 1. The number of phosphoric acid groups is 1. The monoisotopic (exact) mass is 647 g/mol. The summed E-state index contributed by atoms with van der Waals surface area (Å²) in [6, 6.07) is 17.8. The molecule has 0 aromatic heterocycles. The Hall–Kier alpha value is -2.87. The molecule has 9 nitrogen and oxygen atoms in total. The number of hydrogen-bond donors (Lipinski definition) is 1. The molecular formula is C35H54NO8P. The fraction of sp³-hybridized carbons (Fsp3) is 0.600. The number of hydrogen-bond acceptors (Lipinski definition) is 8. The van der Waals surface area contributed by atoms with Gasteiger partial charge in [-0.2, -0.15) is 0 Å². The van der Waals surface area contributed by atoms with E-state index in [1.54, 1.807) is 37.3 Å². The molecular weight excluding hydrogens is 593 g/mol. The van der Waals surface area contributed by atoms with Crippen molar-refractivity contribution in [1.29, 1.82) is 0 Å². The highest BCUT2D eigenvalue weighted by atomic mass is 31.2. The third-order valence-electron chi connectivity index (χ3n) is 7.08. The van der Waals surface area contributed by atoms with Gasteiger partial charge in [0.05, 0.1) is 13.2 Å². The quantitative estimate of drug-likeness (QED) is 0.0611. The Morgan fingerprint density at radius 1 is 0.756 bits per heavy atom. The lowest BCUT2D eigenvalue weighted by atomic mass is 10.0. The van der Waals surface area contributed by atoms with Crippen LogP contribution in [0.4, 0.5) is 4.79 Å². The van der Waals surface area contributed by atoms with Crippen molar-refractivity contribution in [1.82, 2.24) is 5.32 Å². The standard InChI is InChI=1S/C35H54NO8P/c1-3-4-5-6-7-8-9-10-11-12-13-14-21-26-34(37)43-31(2)29-42-45(39,44-33-24-19-16-20-25-33)41-28-27-36-35(38)40-30-32-22-17-15-18-23-32/h15-20,22-25,31H,3-14,21,26-30H2,1-2H3,(H,36,38)/t31-,45?/m1/s1. The molecule has 0 aliphatic heterocycles. The molecule has 2 rings (SSSR count). The number of ether oxygens (including phenoxy) is 2. The van der Waals surface area contributed by atoms with Crippen molar-refractivity contribution in [2.24, 2.45) is 0 Å². The van der Waals surface area contributed by atoms with Gasteiger partial charge in [0.25, 0.3) is 0 Å². The van der Waals surface area contributed by atoms with E-state index in [1.165, 1.54) is 64.2 Å². The number of phosphoric ester groups is 1. The van der Waals surface area contributed by atoms with Crippen LogP contribution in [0.2, 0.25) is 0 Å². The summed E-state index contributed by atoms with van der Waals surface area (Å²) in [5.41, 5.74) is 0.859. The lowest BCUT2D eigenvalue weighted by Gasteiger charge is -2.21. The van der Waals surface area contributed by atoms with E-state index in [9.17, 15) is 14.2 Å². The van der Waals surface area contributed by atoms with E-state index in [0.717, 1.165) is 24.8 Å². The Balaban J connectivity index is 1.61. The molecule has 252 valence electrons. The average Bonchev–Trinajstić information content (AvgIpc) is 3.04. The van der Waals surface area contributed by atoms with Crippen LogP contribution >= 0.6 is 7.82 Å². The van der Waals surface area contributed by atoms with Crippen LogP contribution < -0.4 is 9.84 Å². The maximum Gasteiger partial charge on any atom is 0.530 e. The van der Waals surface area contributed by atoms with Crippen LogP contribution in [0.3, 0.4) is 0 Å². The largest absolute Gasteiger partial charge is 0.530 e. The molecule has 0 saturated heterocycles. The minimum absolute atomic E-state index is 0.0167. The maximum absolute atomic E-state index is 13.4. The Labute approximate surface area is 270 Å². The second kappa shape index (κ2) is 24.4. The number of benzene rings is 2. The first kappa shape index (κ1) is 38.3. The van der Waals surface area contributed by atoms with Crippen LogP contribution in [0, 0.1) is 0 Å². The number of nitrogens with one attached hydrogen (secondary N) is 1. The maximum atomic E-state index is 13.4. The Kier molecular flexibility index (Phi) is 20.8. The zero-order valence-electron chi connectivity index (χ0n) is 27.3. The zero-order chi connectivity index (χ0) is 32.4. The molecule has 0 heterocycles. The molecule has 45 heavy (non-hydrogen) atoms. The number of rotatable bonds is 26. The molecule has 0 spiro atoms. The summed E-state index contributed by atoms with van der Waals surface area (Å²) < 4.78 is 40.5. The van der Waals surface area contributed by atoms with Gasteiger partial charge >= 0.3 is 19.9 Å². The van der Waals surface area contributed by atoms with Gasteiger partial charge in [0.1, 0.15) is 18.5 Å². The molecule has 2 aromatic rings. The van der Waals surface area contributed by atoms with E-state index in [-0.39, 0.29) is 32.3 Å². The van der Waals surface area contributed by atoms with Crippen LogP contribution in [-0.4, -0.2) is 37.9 Å². The number of alkyl carbamates (subject to hydrolysis) is 1. The summed E-state index contributed by atoms with van der Waals surface area (Å²) in [6.07, 6.45) is 15.2. The normalized spacial score (nSPS) is 13.0. The molecule has 0 fully saturated rings. The van der Waals surface area contributed by atoms with Gasteiger partial charge in [-0.25, -0.2) is 9.36 Å². The summed E-state index contributed by atoms with van der Waals surface area (Å²) in [4.78, 5) is 24.3. The third-order valence-corrected chi connectivity index (χ3v) is 8.48. The highest BCUT2D eigenvalue weighted by molar-refractivity contribution is 7.48. The molecule has 10 heteroatoms. The van der Waals surface area contributed by atoms with Gasteiger partial charge in [-0.1, -0.05) is 133 Å². The SMILES string of the molecule is CCCCCCCCCCCCCCCC(=O)O[C@H](C)COP(=O)(OCCNC(=O)OCc1ccccc1)Oc1ccccc1. The van der Waals surface area contributed by atoms with E-state index in [0.29, 0.717) is 12.2 Å². The second-order valence-electron chi connectivity index (χ2n) is 11.3. The van der Waals surface area contributed by atoms with Crippen molar-refractivity contribution < 1.29 is 37.2 Å². The van der Waals surface area contributed by atoms with Crippen LogP contribution in [0.25, 0.3) is 0 Å². The molecule has 0 radical (unpaired) electrons. The average molecular weight is 648 g/mol. The smallest absolute Gasteiger partial charge is 0.460 e. The first-order valence-electron chi connectivity index (χ1n) is 16.7. The first-order valence-corrected chi connectivity index (χ1v) is 18.1. The van der Waals surface area contributed by atoms with Crippen LogP contribution in [-0.2, 0) is 34.5 Å². The van der Waals surface area contributed by atoms with Gasteiger partial charge in [-0.15, -0.1) is 0 Å². The Morgan fingerprint density at radius 3 is 1.91 bits per heavy atom. The van der Waals surface area contributed by atoms with Gasteiger partial charge in [0, 0.05) is 13.0 Å². The number of esters is 1. The summed E-state index contributed by atoms with van der Waals surface area (Å²) in [6.45, 7) is 3.72. The fourth-order valence-electron chi connectivity index (χ4n) is 4.59. The van der Waals surface area contributed by atoms with Crippen molar-refractivity contribution in [2.75, 3.05) is 19.8 Å². The molecule has 0 saturated carbocycles. The van der Waals surface area contributed by atoms with Crippen LogP contribution in [0.1, 0.15) is 109 Å². The number of carbonyl (C=O) groups is 2. The van der Waals surface area contributed by atoms with E-state index in [2.05, 4.69) is 12.2 Å².